The highest BCUT2D eigenvalue weighted by molar-refractivity contribution is 7.86. The summed E-state index contributed by atoms with van der Waals surface area (Å²) in [6.45, 7) is 0. The van der Waals surface area contributed by atoms with Crippen molar-refractivity contribution >= 4 is 39.0 Å². The molecular weight excluding hydrogens is 427 g/mol. The van der Waals surface area contributed by atoms with Crippen molar-refractivity contribution in [2.24, 2.45) is 0 Å². The number of nitrogens with zero attached hydrogens (tertiary/aromatic N) is 2. The highest BCUT2D eigenvalue weighted by Crippen LogP contribution is 2.36. The van der Waals surface area contributed by atoms with E-state index in [0.29, 0.717) is 17.0 Å². The summed E-state index contributed by atoms with van der Waals surface area (Å²) in [4.78, 5) is 15.1. The van der Waals surface area contributed by atoms with Crippen LogP contribution in [0, 0.1) is 5.39 Å². The first-order chi connectivity index (χ1) is 12.9. The third-order valence-electron chi connectivity index (χ3n) is 2.94. The molecule has 1 N–H and O–H groups in total. The Labute approximate surface area is 162 Å². The second kappa shape index (κ2) is 9.36. The summed E-state index contributed by atoms with van der Waals surface area (Å²) < 4.78 is 64.0. The Hall–Kier alpha value is -2.88. The molecule has 0 radical (unpaired) electrons. The molecule has 0 saturated carbocycles. The maximum atomic E-state index is 12.1. The average molecular weight is 438 g/mol. The smallest absolute Gasteiger partial charge is 0.485 e. The van der Waals surface area contributed by atoms with E-state index in [0.717, 1.165) is 0 Å². The summed E-state index contributed by atoms with van der Waals surface area (Å²) in [6, 6.07) is 11.7. The molecule has 8 nitrogen and oxygen atoms in total. The summed E-state index contributed by atoms with van der Waals surface area (Å²) in [6.07, 6.45) is 0. The molecule has 2 aromatic rings. The first kappa shape index (κ1) is 23.2. The lowest BCUT2D eigenvalue weighted by atomic mass is 10.2. The Morgan fingerprint density at radius 3 is 2.21 bits per heavy atom. The van der Waals surface area contributed by atoms with Gasteiger partial charge in [0.1, 0.15) is 5.02 Å². The molecule has 2 aromatic carbocycles. The summed E-state index contributed by atoms with van der Waals surface area (Å²) in [5.41, 5.74) is -4.56. The number of anilines is 1. The molecule has 0 heterocycles. The quantitative estimate of drug-likeness (QED) is 0.437. The molecule has 28 heavy (non-hydrogen) atoms. The van der Waals surface area contributed by atoms with Gasteiger partial charge in [-0.3, -0.25) is 4.79 Å². The monoisotopic (exact) mass is 437 g/mol. The molecule has 1 amide bonds. The van der Waals surface area contributed by atoms with Crippen LogP contribution in [0.2, 0.25) is 5.02 Å². The molecule has 0 saturated heterocycles. The number of diazo groups is 1. The molecule has 0 aromatic heterocycles. The van der Waals surface area contributed by atoms with Crippen molar-refractivity contribution in [1.29, 1.82) is 5.39 Å². The zero-order chi connectivity index (χ0) is 21.5. The molecule has 13 heteroatoms. The standard InChI is InChI=1S/C14H10ClN3O2.CHF3O3S/c1-20-13-8-11(18-16)10(15)7-12(13)17-14(19)9-5-3-2-4-6-9;2-1(3,4)8(5,6)7/h2-8H,1H3;(H,5,6,7). The molecule has 0 aliphatic carbocycles. The van der Waals surface area contributed by atoms with Crippen molar-refractivity contribution in [3.63, 3.8) is 0 Å². The highest BCUT2D eigenvalue weighted by atomic mass is 35.5. The van der Waals surface area contributed by atoms with Crippen LogP contribution in [0.4, 0.5) is 24.5 Å². The predicted molar refractivity (Wildman–Crippen MR) is 92.9 cm³/mol. The van der Waals surface area contributed by atoms with E-state index in [-0.39, 0.29) is 16.6 Å². The Bertz CT molecular complexity index is 992. The van der Waals surface area contributed by atoms with Gasteiger partial charge in [-0.2, -0.15) is 13.2 Å². The van der Waals surface area contributed by atoms with E-state index in [1.54, 1.807) is 24.3 Å². The van der Waals surface area contributed by atoms with Gasteiger partial charge < -0.3 is 14.6 Å². The number of hydrogen-bond donors (Lipinski definition) is 1. The maximum absolute atomic E-state index is 12.1. The SMILES string of the molecule is COc1cc([N+]#N)c(Cl)cc1NC(=O)c1ccccc1.O=S(=O)([O-])C(F)(F)F. The number of halogens is 4. The van der Waals surface area contributed by atoms with E-state index >= 15 is 0 Å². The summed E-state index contributed by atoms with van der Waals surface area (Å²) >= 11 is 5.93. The number of benzene rings is 2. The molecule has 0 spiro atoms. The predicted octanol–water partition coefficient (Wildman–Crippen LogP) is 4.14. The van der Waals surface area contributed by atoms with Crippen LogP contribution in [-0.4, -0.2) is 31.5 Å². The second-order valence-electron chi connectivity index (χ2n) is 4.82. The number of carbonyl (C=O) groups excluding carboxylic acids is 1. The lowest BCUT2D eigenvalue weighted by Gasteiger charge is -2.09. The lowest BCUT2D eigenvalue weighted by Crippen LogP contribution is -2.21. The minimum atomic E-state index is -6.09. The van der Waals surface area contributed by atoms with Crippen molar-refractivity contribution in [3.05, 3.63) is 58.0 Å². The van der Waals surface area contributed by atoms with Crippen molar-refractivity contribution in [3.8, 4) is 5.75 Å². The Kier molecular flexibility index (Phi) is 7.74. The van der Waals surface area contributed by atoms with Crippen LogP contribution < -0.4 is 10.1 Å². The van der Waals surface area contributed by atoms with Gasteiger partial charge in [0.05, 0.1) is 18.9 Å². The van der Waals surface area contributed by atoms with Crippen LogP contribution in [0.15, 0.2) is 42.5 Å². The van der Waals surface area contributed by atoms with Crippen LogP contribution in [-0.2, 0) is 10.1 Å². The van der Waals surface area contributed by atoms with Gasteiger partial charge in [-0.25, -0.2) is 8.42 Å². The van der Waals surface area contributed by atoms with E-state index < -0.39 is 15.6 Å². The van der Waals surface area contributed by atoms with Gasteiger partial charge in [-0.1, -0.05) is 29.8 Å². The number of carbonyl (C=O) groups is 1. The van der Waals surface area contributed by atoms with E-state index in [1.165, 1.54) is 19.2 Å². The first-order valence-corrected chi connectivity index (χ1v) is 8.80. The van der Waals surface area contributed by atoms with E-state index in [9.17, 15) is 18.0 Å². The molecule has 0 fully saturated rings. The maximum Gasteiger partial charge on any atom is 0.485 e. The van der Waals surface area contributed by atoms with Gasteiger partial charge >= 0.3 is 11.2 Å². The van der Waals surface area contributed by atoms with Crippen LogP contribution in [0.1, 0.15) is 10.4 Å². The second-order valence-corrected chi connectivity index (χ2v) is 6.60. The Balaban J connectivity index is 0.000000416. The average Bonchev–Trinajstić information content (AvgIpc) is 2.61. The van der Waals surface area contributed by atoms with Gasteiger partial charge in [-0.15, -0.1) is 0 Å². The highest BCUT2D eigenvalue weighted by Gasteiger charge is 2.36. The molecular formula is C15H11ClF3N3O5S. The fourth-order valence-electron chi connectivity index (χ4n) is 1.67. The minimum absolute atomic E-state index is 0.168. The zero-order valence-corrected chi connectivity index (χ0v) is 15.5. The molecule has 0 aliphatic rings. The minimum Gasteiger partial charge on any atom is -0.741 e. The lowest BCUT2D eigenvalue weighted by molar-refractivity contribution is -0.0517. The Morgan fingerprint density at radius 2 is 1.79 bits per heavy atom. The summed E-state index contributed by atoms with van der Waals surface area (Å²) in [7, 11) is -4.64. The van der Waals surface area contributed by atoms with Crippen molar-refractivity contribution in [1.82, 2.24) is 0 Å². The Morgan fingerprint density at radius 1 is 1.25 bits per heavy atom. The summed E-state index contributed by atoms with van der Waals surface area (Å²) in [5.74, 6) is 0.0696. The van der Waals surface area contributed by atoms with Crippen LogP contribution >= 0.6 is 11.6 Å². The normalized spacial score (nSPS) is 10.9. The number of rotatable bonds is 3. The summed E-state index contributed by atoms with van der Waals surface area (Å²) in [5, 5.41) is 11.7. The van der Waals surface area contributed by atoms with Crippen molar-refractivity contribution in [2.75, 3.05) is 12.4 Å². The number of hydrogen-bond acceptors (Lipinski definition) is 6. The zero-order valence-electron chi connectivity index (χ0n) is 13.9. The molecule has 150 valence electrons. The molecule has 0 atom stereocenters. The van der Waals surface area contributed by atoms with Gasteiger partial charge in [0.25, 0.3) is 5.91 Å². The largest absolute Gasteiger partial charge is 0.741 e. The fraction of sp³-hybridized carbons (Fsp3) is 0.133. The number of methoxy groups -OCH3 is 1. The molecule has 2 rings (SSSR count). The van der Waals surface area contributed by atoms with E-state index in [4.69, 9.17) is 34.7 Å². The van der Waals surface area contributed by atoms with Gasteiger partial charge in [0.15, 0.2) is 20.8 Å². The third-order valence-corrected chi connectivity index (χ3v) is 3.81. The van der Waals surface area contributed by atoms with Gasteiger partial charge in [0.2, 0.25) is 5.39 Å². The number of amides is 1. The molecule has 0 aliphatic heterocycles. The molecule has 0 bridgehead atoms. The molecule has 0 unspecified atom stereocenters. The van der Waals surface area contributed by atoms with Crippen LogP contribution in [0.3, 0.4) is 0 Å². The van der Waals surface area contributed by atoms with Crippen LogP contribution in [0.5, 0.6) is 5.75 Å². The van der Waals surface area contributed by atoms with E-state index in [1.807, 2.05) is 6.07 Å². The van der Waals surface area contributed by atoms with Crippen molar-refractivity contribution in [2.45, 2.75) is 5.51 Å². The van der Waals surface area contributed by atoms with Gasteiger partial charge in [-0.05, 0) is 18.2 Å². The first-order valence-electron chi connectivity index (χ1n) is 7.02. The third kappa shape index (κ3) is 6.38. The van der Waals surface area contributed by atoms with Crippen LogP contribution in [0.25, 0.3) is 4.98 Å². The van der Waals surface area contributed by atoms with Gasteiger partial charge in [0, 0.05) is 5.56 Å². The van der Waals surface area contributed by atoms with E-state index in [2.05, 4.69) is 10.3 Å². The fourth-order valence-corrected chi connectivity index (χ4v) is 1.87. The number of alkyl halides is 3. The number of ether oxygens (including phenoxy) is 1. The van der Waals surface area contributed by atoms with Crippen molar-refractivity contribution < 1.29 is 35.7 Å². The number of nitrogens with one attached hydrogen (secondary N) is 1. The topological polar surface area (TPSA) is 124 Å².